The van der Waals surface area contributed by atoms with Gasteiger partial charge in [-0.3, -0.25) is 0 Å². The Hall–Kier alpha value is -2.04. The SMILES string of the molecule is Clc1ncc(CNc2cccc(N3Cc4ccccc4C3)c2)s1. The van der Waals surface area contributed by atoms with Crippen LogP contribution in [0.25, 0.3) is 0 Å². The van der Waals surface area contributed by atoms with Crippen LogP contribution in [0, 0.1) is 0 Å². The molecule has 2 heterocycles. The van der Waals surface area contributed by atoms with Crippen LogP contribution < -0.4 is 10.2 Å². The molecule has 1 N–H and O–H groups in total. The minimum atomic E-state index is 0.588. The first-order valence-corrected chi connectivity index (χ1v) is 8.73. The predicted octanol–water partition coefficient (Wildman–Crippen LogP) is 4.93. The van der Waals surface area contributed by atoms with E-state index in [9.17, 15) is 0 Å². The van der Waals surface area contributed by atoms with E-state index in [0.717, 1.165) is 30.2 Å². The third-order valence-electron chi connectivity index (χ3n) is 4.04. The maximum absolute atomic E-state index is 5.87. The molecule has 4 rings (SSSR count). The normalized spacial score (nSPS) is 13.2. The summed E-state index contributed by atoms with van der Waals surface area (Å²) in [5.74, 6) is 0. The third-order valence-corrected chi connectivity index (χ3v) is 5.16. The van der Waals surface area contributed by atoms with Crippen LogP contribution in [0.1, 0.15) is 16.0 Å². The van der Waals surface area contributed by atoms with Gasteiger partial charge in [-0.1, -0.05) is 41.9 Å². The van der Waals surface area contributed by atoms with Crippen molar-refractivity contribution in [2.75, 3.05) is 10.2 Å². The van der Waals surface area contributed by atoms with Crippen molar-refractivity contribution >= 4 is 34.3 Å². The van der Waals surface area contributed by atoms with Gasteiger partial charge in [-0.25, -0.2) is 4.98 Å². The van der Waals surface area contributed by atoms with Crippen LogP contribution in [0.5, 0.6) is 0 Å². The number of thiazole rings is 1. The highest BCUT2D eigenvalue weighted by atomic mass is 35.5. The van der Waals surface area contributed by atoms with E-state index in [1.165, 1.54) is 28.2 Å². The summed E-state index contributed by atoms with van der Waals surface area (Å²) in [4.78, 5) is 7.60. The molecule has 0 unspecified atom stereocenters. The van der Waals surface area contributed by atoms with Gasteiger partial charge in [0.05, 0.1) is 6.54 Å². The van der Waals surface area contributed by atoms with Gasteiger partial charge in [0.25, 0.3) is 0 Å². The summed E-state index contributed by atoms with van der Waals surface area (Å²) in [5.41, 5.74) is 5.20. The topological polar surface area (TPSA) is 28.2 Å². The molecule has 0 aliphatic carbocycles. The summed E-state index contributed by atoms with van der Waals surface area (Å²) < 4.78 is 0.588. The molecule has 1 aliphatic rings. The summed E-state index contributed by atoms with van der Waals surface area (Å²) in [7, 11) is 0. The molecular weight excluding hydrogens is 326 g/mol. The van der Waals surface area contributed by atoms with Crippen molar-refractivity contribution in [1.82, 2.24) is 4.98 Å². The lowest BCUT2D eigenvalue weighted by molar-refractivity contribution is 0.880. The Morgan fingerprint density at radius 2 is 1.87 bits per heavy atom. The van der Waals surface area contributed by atoms with Crippen molar-refractivity contribution in [3.05, 3.63) is 75.2 Å². The molecule has 5 heteroatoms. The third kappa shape index (κ3) is 3.19. The van der Waals surface area contributed by atoms with Gasteiger partial charge in [-0.05, 0) is 29.3 Å². The number of hydrogen-bond donors (Lipinski definition) is 1. The monoisotopic (exact) mass is 341 g/mol. The number of hydrogen-bond acceptors (Lipinski definition) is 4. The van der Waals surface area contributed by atoms with E-state index in [2.05, 4.69) is 63.7 Å². The van der Waals surface area contributed by atoms with Crippen LogP contribution in [0.3, 0.4) is 0 Å². The zero-order valence-corrected chi connectivity index (χ0v) is 14.1. The predicted molar refractivity (Wildman–Crippen MR) is 97.2 cm³/mol. The van der Waals surface area contributed by atoms with E-state index in [1.807, 2.05) is 6.20 Å². The van der Waals surface area contributed by atoms with E-state index >= 15 is 0 Å². The molecule has 1 aliphatic heterocycles. The lowest BCUT2D eigenvalue weighted by Crippen LogP contribution is -2.14. The maximum atomic E-state index is 5.87. The van der Waals surface area contributed by atoms with Crippen LogP contribution >= 0.6 is 22.9 Å². The molecule has 2 aromatic carbocycles. The van der Waals surface area contributed by atoms with Crippen molar-refractivity contribution in [3.63, 3.8) is 0 Å². The molecule has 0 fully saturated rings. The zero-order chi connectivity index (χ0) is 15.6. The number of rotatable bonds is 4. The number of halogens is 1. The summed E-state index contributed by atoms with van der Waals surface area (Å²) in [6.07, 6.45) is 1.82. The first-order chi connectivity index (χ1) is 11.3. The Balaban J connectivity index is 1.47. The van der Waals surface area contributed by atoms with Crippen molar-refractivity contribution in [2.45, 2.75) is 19.6 Å². The van der Waals surface area contributed by atoms with Crippen LogP contribution in [0.15, 0.2) is 54.7 Å². The molecule has 0 saturated heterocycles. The Labute approximate surface area is 144 Å². The molecule has 3 nitrogen and oxygen atoms in total. The number of fused-ring (bicyclic) bond motifs is 1. The molecule has 0 atom stereocenters. The van der Waals surface area contributed by atoms with E-state index in [4.69, 9.17) is 11.6 Å². The van der Waals surface area contributed by atoms with Crippen molar-refractivity contribution in [2.24, 2.45) is 0 Å². The number of nitrogens with one attached hydrogen (secondary N) is 1. The van der Waals surface area contributed by atoms with E-state index in [-0.39, 0.29) is 0 Å². The van der Waals surface area contributed by atoms with Crippen molar-refractivity contribution in [1.29, 1.82) is 0 Å². The molecule has 0 saturated carbocycles. The van der Waals surface area contributed by atoms with Gasteiger partial charge < -0.3 is 10.2 Å². The van der Waals surface area contributed by atoms with E-state index in [0.29, 0.717) is 4.47 Å². The van der Waals surface area contributed by atoms with Crippen LogP contribution in [-0.2, 0) is 19.6 Å². The fourth-order valence-electron chi connectivity index (χ4n) is 2.88. The smallest absolute Gasteiger partial charge is 0.183 e. The molecule has 116 valence electrons. The minimum absolute atomic E-state index is 0.588. The second-order valence-corrected chi connectivity index (χ2v) is 7.31. The Kier molecular flexibility index (Phi) is 3.93. The standard InChI is InChI=1S/C18H16ClN3S/c19-18-21-10-17(23-18)9-20-15-6-3-7-16(8-15)22-11-13-4-1-2-5-14(13)12-22/h1-8,10,20H,9,11-12H2. The maximum Gasteiger partial charge on any atom is 0.183 e. The average Bonchev–Trinajstić information content (AvgIpc) is 3.19. The van der Waals surface area contributed by atoms with Crippen LogP contribution in [0.4, 0.5) is 11.4 Å². The molecule has 23 heavy (non-hydrogen) atoms. The highest BCUT2D eigenvalue weighted by Crippen LogP contribution is 2.29. The Bertz CT molecular complexity index is 805. The summed E-state index contributed by atoms with van der Waals surface area (Å²) in [6.45, 7) is 2.70. The van der Waals surface area contributed by atoms with Crippen LogP contribution in [-0.4, -0.2) is 4.98 Å². The van der Waals surface area contributed by atoms with Gasteiger partial charge in [0.1, 0.15) is 0 Å². The molecular formula is C18H16ClN3S. The van der Waals surface area contributed by atoms with E-state index < -0.39 is 0 Å². The highest BCUT2D eigenvalue weighted by molar-refractivity contribution is 7.15. The van der Waals surface area contributed by atoms with Gasteiger partial charge in [-0.2, -0.15) is 0 Å². The average molecular weight is 342 g/mol. The molecule has 1 aromatic heterocycles. The summed E-state index contributed by atoms with van der Waals surface area (Å²) in [5, 5.41) is 3.44. The van der Waals surface area contributed by atoms with Crippen molar-refractivity contribution < 1.29 is 0 Å². The van der Waals surface area contributed by atoms with Gasteiger partial charge in [0.15, 0.2) is 4.47 Å². The molecule has 0 radical (unpaired) electrons. The van der Waals surface area contributed by atoms with Crippen molar-refractivity contribution in [3.8, 4) is 0 Å². The highest BCUT2D eigenvalue weighted by Gasteiger charge is 2.18. The molecule has 0 bridgehead atoms. The van der Waals surface area contributed by atoms with E-state index in [1.54, 1.807) is 0 Å². The lowest BCUT2D eigenvalue weighted by atomic mass is 10.1. The number of benzene rings is 2. The number of anilines is 2. The fraction of sp³-hybridized carbons (Fsp3) is 0.167. The first kappa shape index (κ1) is 14.5. The molecule has 0 spiro atoms. The largest absolute Gasteiger partial charge is 0.380 e. The zero-order valence-electron chi connectivity index (χ0n) is 12.5. The minimum Gasteiger partial charge on any atom is -0.380 e. The molecule has 0 amide bonds. The summed E-state index contributed by atoms with van der Waals surface area (Å²) >= 11 is 7.38. The second-order valence-electron chi connectivity index (χ2n) is 5.61. The van der Waals surface area contributed by atoms with Gasteiger partial charge in [-0.15, -0.1) is 11.3 Å². The van der Waals surface area contributed by atoms with Gasteiger partial charge in [0.2, 0.25) is 0 Å². The lowest BCUT2D eigenvalue weighted by Gasteiger charge is -2.19. The molecule has 3 aromatic rings. The second kappa shape index (κ2) is 6.22. The van der Waals surface area contributed by atoms with Gasteiger partial charge >= 0.3 is 0 Å². The van der Waals surface area contributed by atoms with Crippen LogP contribution in [0.2, 0.25) is 4.47 Å². The van der Waals surface area contributed by atoms with Gasteiger partial charge in [0, 0.05) is 35.5 Å². The Morgan fingerprint density at radius 3 is 2.57 bits per heavy atom. The quantitative estimate of drug-likeness (QED) is 0.729. The summed E-state index contributed by atoms with van der Waals surface area (Å²) in [6, 6.07) is 17.2. The number of nitrogens with zero attached hydrogens (tertiary/aromatic N) is 2. The number of aromatic nitrogens is 1. The fourth-order valence-corrected chi connectivity index (χ4v) is 3.80. The Morgan fingerprint density at radius 1 is 1.09 bits per heavy atom. The first-order valence-electron chi connectivity index (χ1n) is 7.54.